The summed E-state index contributed by atoms with van der Waals surface area (Å²) in [5.41, 5.74) is 1.28. The van der Waals surface area contributed by atoms with E-state index in [0.29, 0.717) is 12.6 Å². The average molecular weight is 387 g/mol. The molecule has 0 saturated carbocycles. The van der Waals surface area contributed by atoms with E-state index < -0.39 is 0 Å². The van der Waals surface area contributed by atoms with Gasteiger partial charge in [0.1, 0.15) is 6.54 Å². The van der Waals surface area contributed by atoms with Gasteiger partial charge in [0.2, 0.25) is 5.91 Å². The van der Waals surface area contributed by atoms with Crippen molar-refractivity contribution in [1.29, 1.82) is 0 Å². The van der Waals surface area contributed by atoms with E-state index in [1.165, 1.54) is 12.1 Å². The Morgan fingerprint density at radius 2 is 1.86 bits per heavy atom. The lowest BCUT2D eigenvalue weighted by Gasteiger charge is -2.37. The molecule has 2 aliphatic heterocycles. The fourth-order valence-corrected chi connectivity index (χ4v) is 3.55. The second-order valence-corrected chi connectivity index (χ2v) is 8.57. The zero-order valence-corrected chi connectivity index (χ0v) is 18.5. The van der Waals surface area contributed by atoms with E-state index in [2.05, 4.69) is 61.4 Å². The molecule has 3 heterocycles. The highest BCUT2D eigenvalue weighted by atomic mass is 16.2. The number of amides is 1. The molecule has 5 nitrogen and oxygen atoms in total. The third-order valence-electron chi connectivity index (χ3n) is 5.63. The van der Waals surface area contributed by atoms with Crippen molar-refractivity contribution in [2.24, 2.45) is 5.41 Å². The first kappa shape index (κ1) is 22.5. The first-order valence-electron chi connectivity index (χ1n) is 10.9. The molecular formula is C23H38N4O. The van der Waals surface area contributed by atoms with Crippen molar-refractivity contribution in [1.82, 2.24) is 19.6 Å². The van der Waals surface area contributed by atoms with Crippen LogP contribution < -0.4 is 0 Å². The lowest BCUT2D eigenvalue weighted by molar-refractivity contribution is -0.134. The van der Waals surface area contributed by atoms with Crippen molar-refractivity contribution in [2.45, 2.75) is 79.3 Å². The Balaban J connectivity index is 0.000000878. The van der Waals surface area contributed by atoms with Crippen LogP contribution in [0.3, 0.4) is 0 Å². The molecule has 3 rings (SSSR count). The van der Waals surface area contributed by atoms with Crippen LogP contribution >= 0.6 is 0 Å². The molecule has 0 aromatic carbocycles. The molecule has 0 spiro atoms. The molecule has 0 bridgehead atoms. The van der Waals surface area contributed by atoms with E-state index in [0.717, 1.165) is 51.9 Å². The molecule has 1 amide bonds. The predicted octanol–water partition coefficient (Wildman–Crippen LogP) is 3.59. The first-order chi connectivity index (χ1) is 13.4. The number of hydrogen-bond donors (Lipinski definition) is 0. The number of likely N-dealkylation sites (tertiary alicyclic amines) is 1. The Bertz CT molecular complexity index is 674. The quantitative estimate of drug-likeness (QED) is 0.746. The fraction of sp³-hybridized carbons (Fsp3) is 0.739. The molecule has 0 radical (unpaired) electrons. The normalized spacial score (nSPS) is 18.5. The molecule has 2 aliphatic rings. The van der Waals surface area contributed by atoms with Gasteiger partial charge in [-0.15, -0.1) is 0 Å². The van der Waals surface area contributed by atoms with Crippen molar-refractivity contribution in [2.75, 3.05) is 26.2 Å². The van der Waals surface area contributed by atoms with Crippen LogP contribution in [0.15, 0.2) is 12.3 Å². The molecule has 0 aliphatic carbocycles. The number of nitrogens with zero attached hydrogens (tertiary/aromatic N) is 4. The standard InChI is InChI=1S/C20H30N4O.C3H8/c1-4-20(2,3)10-5-12-22-13-7-17(8-14-22)23-15-9-18-6-11-21-24(18)16-19(23)25;1-3-2/h6,11,17H,4,7-9,12-16H2,1-3H3;3H2,1-2H3. The molecule has 5 heteroatoms. The summed E-state index contributed by atoms with van der Waals surface area (Å²) < 4.78 is 1.85. The van der Waals surface area contributed by atoms with E-state index in [-0.39, 0.29) is 11.3 Å². The molecule has 1 aromatic heterocycles. The summed E-state index contributed by atoms with van der Waals surface area (Å²) in [6.45, 7) is 14.9. The summed E-state index contributed by atoms with van der Waals surface area (Å²) in [7, 11) is 0. The monoisotopic (exact) mass is 386 g/mol. The third kappa shape index (κ3) is 6.38. The Hall–Kier alpha value is -1.80. The first-order valence-corrected chi connectivity index (χ1v) is 10.9. The molecule has 156 valence electrons. The maximum atomic E-state index is 12.6. The van der Waals surface area contributed by atoms with Gasteiger partial charge in [0.25, 0.3) is 0 Å². The van der Waals surface area contributed by atoms with Crippen LogP contribution in [0.2, 0.25) is 0 Å². The number of rotatable bonds is 3. The number of aromatic nitrogens is 2. The molecule has 1 aromatic rings. The maximum absolute atomic E-state index is 12.6. The summed E-state index contributed by atoms with van der Waals surface area (Å²) >= 11 is 0. The number of fused-ring (bicyclic) bond motifs is 1. The smallest absolute Gasteiger partial charge is 0.244 e. The van der Waals surface area contributed by atoms with E-state index in [4.69, 9.17) is 0 Å². The molecule has 28 heavy (non-hydrogen) atoms. The summed E-state index contributed by atoms with van der Waals surface area (Å²) in [5, 5.41) is 4.27. The van der Waals surface area contributed by atoms with Crippen molar-refractivity contribution in [3.05, 3.63) is 18.0 Å². The lowest BCUT2D eigenvalue weighted by atomic mass is 9.91. The minimum Gasteiger partial charge on any atom is -0.338 e. The second-order valence-electron chi connectivity index (χ2n) is 8.57. The predicted molar refractivity (Wildman–Crippen MR) is 115 cm³/mol. The highest BCUT2D eigenvalue weighted by molar-refractivity contribution is 5.76. The number of carbonyl (C=O) groups is 1. The van der Waals surface area contributed by atoms with Crippen molar-refractivity contribution in [3.63, 3.8) is 0 Å². The lowest BCUT2D eigenvalue weighted by Crippen LogP contribution is -2.48. The fourth-order valence-electron chi connectivity index (χ4n) is 3.55. The van der Waals surface area contributed by atoms with Crippen LogP contribution in [-0.2, 0) is 17.8 Å². The van der Waals surface area contributed by atoms with E-state index >= 15 is 0 Å². The van der Waals surface area contributed by atoms with Crippen molar-refractivity contribution >= 4 is 5.91 Å². The summed E-state index contributed by atoms with van der Waals surface area (Å²) in [5.74, 6) is 6.95. The van der Waals surface area contributed by atoms with E-state index in [9.17, 15) is 4.79 Å². The molecule has 1 saturated heterocycles. The second kappa shape index (κ2) is 10.7. The summed E-state index contributed by atoms with van der Waals surface area (Å²) in [4.78, 5) is 17.1. The Labute approximate surface area is 171 Å². The number of hydrogen-bond acceptors (Lipinski definition) is 3. The van der Waals surface area contributed by atoms with E-state index in [1.807, 2.05) is 10.7 Å². The largest absolute Gasteiger partial charge is 0.338 e. The van der Waals surface area contributed by atoms with Crippen LogP contribution in [0.4, 0.5) is 0 Å². The molecular weight excluding hydrogens is 348 g/mol. The van der Waals surface area contributed by atoms with Crippen LogP contribution in [-0.4, -0.2) is 57.7 Å². The van der Waals surface area contributed by atoms with Crippen LogP contribution in [0.5, 0.6) is 0 Å². The average Bonchev–Trinajstić information content (AvgIpc) is 3.04. The van der Waals surface area contributed by atoms with Crippen molar-refractivity contribution in [3.8, 4) is 11.8 Å². The Morgan fingerprint density at radius 3 is 2.50 bits per heavy atom. The third-order valence-corrected chi connectivity index (χ3v) is 5.63. The SMILES string of the molecule is CCC.CCC(C)(C)C#CCN1CCC(N2CCc3ccnn3CC2=O)CC1. The van der Waals surface area contributed by atoms with Gasteiger partial charge in [-0.1, -0.05) is 39.0 Å². The summed E-state index contributed by atoms with van der Waals surface area (Å²) in [6, 6.07) is 2.39. The van der Waals surface area contributed by atoms with Crippen molar-refractivity contribution < 1.29 is 4.79 Å². The Kier molecular flexibility index (Phi) is 8.57. The van der Waals surface area contributed by atoms with Crippen LogP contribution in [0, 0.1) is 17.3 Å². The minimum atomic E-state index is 0.112. The van der Waals surface area contributed by atoms with Crippen LogP contribution in [0.25, 0.3) is 0 Å². The molecule has 0 unspecified atom stereocenters. The minimum absolute atomic E-state index is 0.112. The van der Waals surface area contributed by atoms with Gasteiger partial charge in [-0.05, 0) is 39.2 Å². The van der Waals surface area contributed by atoms with Crippen LogP contribution in [0.1, 0.15) is 66.0 Å². The van der Waals surface area contributed by atoms with Gasteiger partial charge in [0.15, 0.2) is 0 Å². The maximum Gasteiger partial charge on any atom is 0.244 e. The topological polar surface area (TPSA) is 41.4 Å². The van der Waals surface area contributed by atoms with Gasteiger partial charge in [0, 0.05) is 49.4 Å². The van der Waals surface area contributed by atoms with Gasteiger partial charge in [-0.3, -0.25) is 14.4 Å². The number of piperidine rings is 1. The Morgan fingerprint density at radius 1 is 1.18 bits per heavy atom. The number of carbonyl (C=O) groups excluding carboxylic acids is 1. The highest BCUT2D eigenvalue weighted by Gasteiger charge is 2.29. The van der Waals surface area contributed by atoms with Gasteiger partial charge in [-0.25, -0.2) is 0 Å². The molecule has 0 N–H and O–H groups in total. The van der Waals surface area contributed by atoms with Gasteiger partial charge in [-0.2, -0.15) is 5.10 Å². The molecule has 1 fully saturated rings. The molecule has 0 atom stereocenters. The zero-order chi connectivity index (χ0) is 20.6. The summed E-state index contributed by atoms with van der Waals surface area (Å²) in [6.07, 6.45) is 7.12. The van der Waals surface area contributed by atoms with Gasteiger partial charge >= 0.3 is 0 Å². The van der Waals surface area contributed by atoms with Gasteiger partial charge < -0.3 is 4.90 Å². The van der Waals surface area contributed by atoms with Gasteiger partial charge in [0.05, 0.1) is 6.54 Å². The zero-order valence-electron chi connectivity index (χ0n) is 18.5. The van der Waals surface area contributed by atoms with E-state index in [1.54, 1.807) is 6.20 Å². The highest BCUT2D eigenvalue weighted by Crippen LogP contribution is 2.20.